The van der Waals surface area contributed by atoms with Crippen LogP contribution < -0.4 is 10.2 Å². The number of urea groups is 1. The summed E-state index contributed by atoms with van der Waals surface area (Å²) in [7, 11) is 3.13. The van der Waals surface area contributed by atoms with Gasteiger partial charge in [-0.15, -0.1) is 0 Å². The number of H-pyrrole nitrogens is 1. The summed E-state index contributed by atoms with van der Waals surface area (Å²) < 4.78 is 136. The summed E-state index contributed by atoms with van der Waals surface area (Å²) >= 11 is 0. The maximum atomic E-state index is 11.3. The molecule has 11 nitrogen and oxygen atoms in total. The molecule has 1 aromatic heterocycles. The van der Waals surface area contributed by atoms with Crippen LogP contribution in [-0.2, 0) is 26.1 Å². The number of halogens is 12. The molecular weight excluding hydrogens is 655 g/mol. The van der Waals surface area contributed by atoms with Crippen LogP contribution in [0.25, 0.3) is 5.43 Å². The van der Waals surface area contributed by atoms with E-state index in [1.54, 1.807) is 26.5 Å². The second kappa shape index (κ2) is 14.6. The number of carbonyl (C=O) groups excluding carboxylic acids is 3. The van der Waals surface area contributed by atoms with Gasteiger partial charge >= 0.3 is 47.2 Å². The minimum absolute atomic E-state index is 0. The number of nitrogens with zero attached hydrogens (tertiary/aromatic N) is 5. The molecule has 1 aromatic rings. The van der Waals surface area contributed by atoms with Gasteiger partial charge in [0.1, 0.15) is 5.82 Å². The summed E-state index contributed by atoms with van der Waals surface area (Å²) in [4.78, 5) is 37.8. The van der Waals surface area contributed by atoms with Crippen LogP contribution in [0.4, 0.5) is 57.5 Å². The van der Waals surface area contributed by atoms with Crippen molar-refractivity contribution in [3.05, 3.63) is 47.3 Å². The topological polar surface area (TPSA) is 159 Å². The smallest absolute Gasteiger partial charge is 0.869 e. The van der Waals surface area contributed by atoms with E-state index in [2.05, 4.69) is 20.5 Å². The van der Waals surface area contributed by atoms with Crippen molar-refractivity contribution in [2.75, 3.05) is 14.1 Å². The van der Waals surface area contributed by atoms with E-state index in [-0.39, 0.29) is 22.5 Å². The number of nitrogens with one attached hydrogen (secondary N) is 1. The number of allylic oxidation sites excluding steroid dienone is 4. The van der Waals surface area contributed by atoms with Crippen molar-refractivity contribution in [2.24, 2.45) is 5.10 Å². The summed E-state index contributed by atoms with van der Waals surface area (Å²) in [6, 6.07) is -0.277. The van der Waals surface area contributed by atoms with Gasteiger partial charge < -0.3 is 35.7 Å². The maximum absolute atomic E-state index is 11.3. The number of amides is 2. The van der Waals surface area contributed by atoms with E-state index < -0.39 is 59.9 Å². The first kappa shape index (κ1) is 39.2. The predicted octanol–water partition coefficient (Wildman–Crippen LogP) is 2.20. The Balaban J connectivity index is 0. The van der Waals surface area contributed by atoms with Crippen molar-refractivity contribution in [3.8, 4) is 0 Å². The van der Waals surface area contributed by atoms with E-state index in [1.807, 2.05) is 0 Å². The fourth-order valence-corrected chi connectivity index (χ4v) is 1.65. The molecule has 0 saturated carbocycles. The van der Waals surface area contributed by atoms with E-state index in [4.69, 9.17) is 0 Å². The van der Waals surface area contributed by atoms with Crippen LogP contribution in [0.15, 0.2) is 41.2 Å². The zero-order chi connectivity index (χ0) is 31.9. The van der Waals surface area contributed by atoms with Crippen LogP contribution in [0.2, 0.25) is 0 Å². The fourth-order valence-electron chi connectivity index (χ4n) is 1.65. The molecule has 1 radical (unpaired) electrons. The molecule has 0 bridgehead atoms. The summed E-state index contributed by atoms with van der Waals surface area (Å²) in [6.45, 7) is 0. The van der Waals surface area contributed by atoms with Gasteiger partial charge in [-0.05, 0) is 23.7 Å². The fraction of sp³-hybridized carbons (Fsp3) is 0.353. The number of imidazole rings is 1. The Morgan fingerprint density at radius 3 is 1.49 bits per heavy atom. The molecule has 0 saturated heterocycles. The van der Waals surface area contributed by atoms with E-state index in [9.17, 15) is 77.3 Å². The number of aromatic nitrogens is 2. The van der Waals surface area contributed by atoms with Gasteiger partial charge in [-0.25, -0.2) is 9.78 Å². The summed E-state index contributed by atoms with van der Waals surface area (Å²) in [6.07, 6.45) is -20.6. The van der Waals surface area contributed by atoms with Crippen molar-refractivity contribution < 1.29 is 93.8 Å². The first-order valence-electron chi connectivity index (χ1n) is 9.24. The average molecular weight is 666 g/mol. The average Bonchev–Trinajstić information content (AvgIpc) is 3.30. The van der Waals surface area contributed by atoms with Crippen molar-refractivity contribution >= 4 is 23.4 Å². The maximum Gasteiger partial charge on any atom is 3.00 e. The van der Waals surface area contributed by atoms with Crippen LogP contribution in [0.3, 0.4) is 0 Å². The van der Waals surface area contributed by atoms with Crippen molar-refractivity contribution in [1.29, 1.82) is 0 Å². The molecule has 1 aliphatic heterocycles. The Bertz CT molecular complexity index is 1090. The molecule has 2 rings (SSSR count). The molecule has 1 aliphatic rings. The second-order valence-electron chi connectivity index (χ2n) is 6.53. The Morgan fingerprint density at radius 1 is 0.829 bits per heavy atom. The molecule has 24 heteroatoms. The normalized spacial score (nSPS) is 14.9. The van der Waals surface area contributed by atoms with Crippen LogP contribution in [0.5, 0.6) is 0 Å². The Kier molecular flexibility index (Phi) is 13.9. The number of hydrogen-bond donors (Lipinski definition) is 1. The van der Waals surface area contributed by atoms with Crippen molar-refractivity contribution in [2.45, 2.75) is 24.7 Å². The first-order valence-corrected chi connectivity index (χ1v) is 9.24. The zero-order valence-corrected chi connectivity index (χ0v) is 20.4. The predicted molar refractivity (Wildman–Crippen MR) is 99.8 cm³/mol. The van der Waals surface area contributed by atoms with Crippen molar-refractivity contribution in [3.63, 3.8) is 0 Å². The van der Waals surface area contributed by atoms with Gasteiger partial charge in [-0.2, -0.15) is 52.7 Å². The van der Waals surface area contributed by atoms with Crippen molar-refractivity contribution in [1.82, 2.24) is 20.0 Å². The molecule has 41 heavy (non-hydrogen) atoms. The van der Waals surface area contributed by atoms with Crippen LogP contribution in [-0.4, -0.2) is 82.2 Å². The standard InChI is InChI=1S/C7H9N6O.2C5H2F6O2.Ni/c1-12-7(14)13(2)11-6(10-12)5-8-3-4-9-5;2*6-4(7,8)2(12)1-3(13)5(9,10)11;/h3-4H,1-2H3,(H-,8,9,10,11);2*1,12H;/q-1;;;+3/p-2/b;2*2-1-;. The summed E-state index contributed by atoms with van der Waals surface area (Å²) in [5, 5.41) is 26.0. The quantitative estimate of drug-likeness (QED) is 0.226. The summed E-state index contributed by atoms with van der Waals surface area (Å²) in [5.74, 6) is -10.4. The largest absolute Gasteiger partial charge is 3.00 e. The third-order valence-corrected chi connectivity index (χ3v) is 3.40. The first-order chi connectivity index (χ1) is 17.8. The molecule has 0 unspecified atom stereocenters. The molecule has 1 N–H and O–H groups in total. The van der Waals surface area contributed by atoms with Gasteiger partial charge in [0.2, 0.25) is 0 Å². The third kappa shape index (κ3) is 13.8. The number of carbonyl (C=O) groups is 3. The zero-order valence-electron chi connectivity index (χ0n) is 19.4. The SMILES string of the molecule is CN1N=C(c2ncc[nH]2)[N-]N(C)C1=O.O=C(/C=C(\[O-])C(F)(F)F)C(F)(F)F.O=C(/C=C(\[O-])C(F)(F)F)C(F)(F)F.[Ni+3]. The molecule has 0 aromatic carbocycles. The number of hydrogen-bond acceptors (Lipinski definition) is 7. The number of alkyl halides is 12. The Morgan fingerprint density at radius 2 is 1.22 bits per heavy atom. The van der Waals surface area contributed by atoms with Crippen LogP contribution in [0, 0.1) is 0 Å². The van der Waals surface area contributed by atoms with E-state index in [0.717, 1.165) is 0 Å². The van der Waals surface area contributed by atoms with Gasteiger partial charge in [0.15, 0.2) is 0 Å². The Hall–Kier alpha value is -3.98. The molecule has 2 heterocycles. The van der Waals surface area contributed by atoms with Gasteiger partial charge in [-0.3, -0.25) is 9.59 Å². The number of ketones is 2. The van der Waals surface area contributed by atoms with Crippen LogP contribution in [0.1, 0.15) is 5.82 Å². The van der Waals surface area contributed by atoms with Gasteiger partial charge in [0.05, 0.1) is 0 Å². The van der Waals surface area contributed by atoms with E-state index in [1.165, 1.54) is 10.0 Å². The Labute approximate surface area is 229 Å². The third-order valence-electron chi connectivity index (χ3n) is 3.40. The molecule has 0 atom stereocenters. The minimum Gasteiger partial charge on any atom is -0.869 e. The molecule has 2 amide bonds. The number of aromatic amines is 1. The molecule has 233 valence electrons. The molecule has 0 spiro atoms. The molecule has 0 fully saturated rings. The van der Waals surface area contributed by atoms with E-state index >= 15 is 0 Å². The second-order valence-corrected chi connectivity index (χ2v) is 6.53. The summed E-state index contributed by atoms with van der Waals surface area (Å²) in [5.41, 5.74) is 3.95. The van der Waals surface area contributed by atoms with Gasteiger partial charge in [0, 0.05) is 32.3 Å². The number of rotatable bonds is 3. The molecular formula is C17H11F12N6NiO5. The number of amidine groups is 1. The minimum atomic E-state index is -5.46. The van der Waals surface area contributed by atoms with Crippen LogP contribution >= 0.6 is 0 Å². The van der Waals surface area contributed by atoms with E-state index in [0.29, 0.717) is 11.7 Å². The number of hydrazone groups is 1. The van der Waals surface area contributed by atoms with Gasteiger partial charge in [-0.1, -0.05) is 0 Å². The molecule has 0 aliphatic carbocycles. The van der Waals surface area contributed by atoms with Gasteiger partial charge in [0.25, 0.3) is 11.6 Å². The monoisotopic (exact) mass is 665 g/mol.